The summed E-state index contributed by atoms with van der Waals surface area (Å²) in [6.07, 6.45) is 0.609. The first-order valence-corrected chi connectivity index (χ1v) is 7.90. The molecule has 0 unspecified atom stereocenters. The lowest BCUT2D eigenvalue weighted by molar-refractivity contribution is 0.0763. The van der Waals surface area contributed by atoms with Gasteiger partial charge in [0.15, 0.2) is 0 Å². The van der Waals surface area contributed by atoms with Crippen molar-refractivity contribution < 1.29 is 9.18 Å². The van der Waals surface area contributed by atoms with E-state index in [9.17, 15) is 9.18 Å². The molecule has 0 radical (unpaired) electrons. The van der Waals surface area contributed by atoms with Gasteiger partial charge in [-0.05, 0) is 31.2 Å². The molecule has 0 saturated heterocycles. The van der Waals surface area contributed by atoms with E-state index in [2.05, 4.69) is 14.7 Å². The topological polar surface area (TPSA) is 84.1 Å². The second-order valence-electron chi connectivity index (χ2n) is 5.26. The molecule has 120 valence electrons. The van der Waals surface area contributed by atoms with E-state index in [1.807, 2.05) is 6.92 Å². The summed E-state index contributed by atoms with van der Waals surface area (Å²) >= 11 is 1.27. The normalized spacial score (nSPS) is 15.0. The van der Waals surface area contributed by atoms with Crippen LogP contribution in [0.15, 0.2) is 35.7 Å². The number of halogens is 1. The number of benzene rings is 1. The molecule has 0 spiro atoms. The van der Waals surface area contributed by atoms with Crippen molar-refractivity contribution in [1.82, 2.24) is 14.3 Å². The van der Waals surface area contributed by atoms with Crippen LogP contribution in [0.25, 0.3) is 0 Å². The fraction of sp³-hybridized carbons (Fsp3) is 0.267. The van der Waals surface area contributed by atoms with Gasteiger partial charge < -0.3 is 16.0 Å². The number of anilines is 1. The molecule has 0 aliphatic carbocycles. The van der Waals surface area contributed by atoms with Gasteiger partial charge in [0.2, 0.25) is 5.13 Å². The molecule has 2 heterocycles. The van der Waals surface area contributed by atoms with Crippen molar-refractivity contribution in [3.05, 3.63) is 52.9 Å². The predicted molar refractivity (Wildman–Crippen MR) is 86.4 cm³/mol. The van der Waals surface area contributed by atoms with Gasteiger partial charge in [0, 0.05) is 41.5 Å². The highest BCUT2D eigenvalue weighted by molar-refractivity contribution is 7.09. The molecule has 0 bridgehead atoms. The molecular weight excluding hydrogens is 317 g/mol. The van der Waals surface area contributed by atoms with Gasteiger partial charge in [-0.1, -0.05) is 0 Å². The van der Waals surface area contributed by atoms with Gasteiger partial charge in [-0.2, -0.15) is 4.37 Å². The summed E-state index contributed by atoms with van der Waals surface area (Å²) in [6, 6.07) is 5.52. The van der Waals surface area contributed by atoms with E-state index >= 15 is 0 Å². The number of carbonyl (C=O) groups excluding carboxylic acids is 1. The standard InChI is InChI=1S/C15H16FN5OS/c1-9-18-15(23-20-9)19-13-6-7-21(8-12(13)17)14(22)10-2-4-11(16)5-3-10/h2-5H,6-8,17H2,1H3,(H,18,19,20). The highest BCUT2D eigenvalue weighted by atomic mass is 32.1. The minimum atomic E-state index is -0.363. The van der Waals surface area contributed by atoms with Gasteiger partial charge in [0.25, 0.3) is 5.91 Å². The Labute approximate surface area is 137 Å². The molecule has 1 aromatic heterocycles. The molecule has 3 rings (SSSR count). The molecule has 1 amide bonds. The molecular formula is C15H16FN5OS. The lowest BCUT2D eigenvalue weighted by atomic mass is 10.1. The summed E-state index contributed by atoms with van der Waals surface area (Å²) in [4.78, 5) is 18.3. The number of aryl methyl sites for hydroxylation is 1. The third-order valence-electron chi connectivity index (χ3n) is 3.54. The Morgan fingerprint density at radius 1 is 1.39 bits per heavy atom. The third-order valence-corrected chi connectivity index (χ3v) is 4.27. The van der Waals surface area contributed by atoms with E-state index in [0.29, 0.717) is 41.7 Å². The van der Waals surface area contributed by atoms with Crippen LogP contribution in [0.5, 0.6) is 0 Å². The van der Waals surface area contributed by atoms with E-state index in [1.165, 1.54) is 35.8 Å². The smallest absolute Gasteiger partial charge is 0.254 e. The van der Waals surface area contributed by atoms with Crippen molar-refractivity contribution in [1.29, 1.82) is 0 Å². The van der Waals surface area contributed by atoms with Crippen LogP contribution in [0.3, 0.4) is 0 Å². The number of aromatic nitrogens is 2. The second-order valence-corrected chi connectivity index (χ2v) is 6.01. The Morgan fingerprint density at radius 3 is 2.74 bits per heavy atom. The third kappa shape index (κ3) is 3.48. The molecule has 0 atom stereocenters. The molecule has 0 saturated carbocycles. The molecule has 2 aromatic rings. The Balaban J connectivity index is 1.69. The van der Waals surface area contributed by atoms with Crippen molar-refractivity contribution in [2.24, 2.45) is 5.73 Å². The number of rotatable bonds is 3. The fourth-order valence-corrected chi connectivity index (χ4v) is 2.96. The number of carbonyl (C=O) groups is 1. The molecule has 0 fully saturated rings. The number of nitrogens with zero attached hydrogens (tertiary/aromatic N) is 3. The Hall–Kier alpha value is -2.48. The number of nitrogens with one attached hydrogen (secondary N) is 1. The van der Waals surface area contributed by atoms with Crippen LogP contribution in [0.1, 0.15) is 22.6 Å². The van der Waals surface area contributed by atoms with Crippen molar-refractivity contribution >= 4 is 22.6 Å². The second kappa shape index (κ2) is 6.33. The maximum atomic E-state index is 12.9. The highest BCUT2D eigenvalue weighted by Gasteiger charge is 2.23. The molecule has 1 aromatic carbocycles. The number of nitrogens with two attached hydrogens (primary N) is 1. The maximum Gasteiger partial charge on any atom is 0.254 e. The van der Waals surface area contributed by atoms with Gasteiger partial charge in [0.05, 0.1) is 6.54 Å². The summed E-state index contributed by atoms with van der Waals surface area (Å²) in [5, 5.41) is 3.86. The minimum absolute atomic E-state index is 0.154. The largest absolute Gasteiger partial charge is 0.399 e. The average Bonchev–Trinajstić information content (AvgIpc) is 2.94. The van der Waals surface area contributed by atoms with E-state index in [1.54, 1.807) is 4.90 Å². The molecule has 1 aliphatic heterocycles. The number of hydrogen-bond donors (Lipinski definition) is 2. The number of amides is 1. The van der Waals surface area contributed by atoms with Gasteiger partial charge in [0.1, 0.15) is 11.6 Å². The van der Waals surface area contributed by atoms with E-state index in [4.69, 9.17) is 5.73 Å². The lowest BCUT2D eigenvalue weighted by Crippen LogP contribution is -2.40. The van der Waals surface area contributed by atoms with Crippen LogP contribution < -0.4 is 11.1 Å². The van der Waals surface area contributed by atoms with E-state index in [-0.39, 0.29) is 11.7 Å². The van der Waals surface area contributed by atoms with Crippen LogP contribution in [0.2, 0.25) is 0 Å². The minimum Gasteiger partial charge on any atom is -0.399 e. The van der Waals surface area contributed by atoms with Crippen molar-refractivity contribution in [3.8, 4) is 0 Å². The van der Waals surface area contributed by atoms with Gasteiger partial charge in [-0.3, -0.25) is 4.79 Å². The van der Waals surface area contributed by atoms with Crippen molar-refractivity contribution in [3.63, 3.8) is 0 Å². The molecule has 8 heteroatoms. The fourth-order valence-electron chi connectivity index (χ4n) is 2.36. The Kier molecular flexibility index (Phi) is 4.24. The zero-order valence-electron chi connectivity index (χ0n) is 12.5. The van der Waals surface area contributed by atoms with Crippen LogP contribution in [0.4, 0.5) is 9.52 Å². The summed E-state index contributed by atoms with van der Waals surface area (Å²) in [5.41, 5.74) is 8.00. The zero-order chi connectivity index (χ0) is 16.4. The monoisotopic (exact) mass is 333 g/mol. The van der Waals surface area contributed by atoms with Crippen LogP contribution in [-0.4, -0.2) is 33.3 Å². The quantitative estimate of drug-likeness (QED) is 0.899. The number of hydrogen-bond acceptors (Lipinski definition) is 6. The van der Waals surface area contributed by atoms with Crippen molar-refractivity contribution in [2.45, 2.75) is 13.3 Å². The van der Waals surface area contributed by atoms with Gasteiger partial charge in [-0.25, -0.2) is 9.37 Å². The van der Waals surface area contributed by atoms with Crippen LogP contribution >= 0.6 is 11.5 Å². The Morgan fingerprint density at radius 2 is 2.13 bits per heavy atom. The first-order chi connectivity index (χ1) is 11.0. The lowest BCUT2D eigenvalue weighted by Gasteiger charge is -2.29. The van der Waals surface area contributed by atoms with Crippen LogP contribution in [0, 0.1) is 12.7 Å². The summed E-state index contributed by atoms with van der Waals surface area (Å²) in [6.45, 7) is 2.69. The molecule has 3 N–H and O–H groups in total. The molecule has 23 heavy (non-hydrogen) atoms. The summed E-state index contributed by atoms with van der Waals surface area (Å²) in [5.74, 6) is 0.192. The zero-order valence-corrected chi connectivity index (χ0v) is 13.4. The average molecular weight is 333 g/mol. The van der Waals surface area contributed by atoms with E-state index < -0.39 is 0 Å². The van der Waals surface area contributed by atoms with Gasteiger partial charge >= 0.3 is 0 Å². The summed E-state index contributed by atoms with van der Waals surface area (Å²) in [7, 11) is 0. The van der Waals surface area contributed by atoms with Crippen molar-refractivity contribution in [2.75, 3.05) is 18.4 Å². The maximum absolute atomic E-state index is 12.9. The molecule has 6 nitrogen and oxygen atoms in total. The first-order valence-electron chi connectivity index (χ1n) is 7.12. The van der Waals surface area contributed by atoms with Crippen LogP contribution in [-0.2, 0) is 0 Å². The molecule has 1 aliphatic rings. The van der Waals surface area contributed by atoms with Gasteiger partial charge in [-0.15, -0.1) is 0 Å². The Bertz CT molecular complexity index is 755. The SMILES string of the molecule is Cc1nsc(NC2=C(N)CN(C(=O)c3ccc(F)cc3)CC2)n1. The predicted octanol–water partition coefficient (Wildman–Crippen LogP) is 2.11. The summed E-state index contributed by atoms with van der Waals surface area (Å²) < 4.78 is 17.1. The van der Waals surface area contributed by atoms with E-state index in [0.717, 1.165) is 5.70 Å². The first kappa shape index (κ1) is 15.4. The highest BCUT2D eigenvalue weighted by Crippen LogP contribution is 2.21.